The molecule has 4 rings (SSSR count). The molecule has 2 N–H and O–H groups in total. The van der Waals surface area contributed by atoms with Gasteiger partial charge in [-0.1, -0.05) is 74.5 Å². The first-order chi connectivity index (χ1) is 24.7. The largest absolute Gasteiger partial charge is 0.328 e. The van der Waals surface area contributed by atoms with Gasteiger partial charge in [0.2, 0.25) is 0 Å². The lowest BCUT2D eigenvalue weighted by atomic mass is 9.93. The van der Waals surface area contributed by atoms with Crippen molar-refractivity contribution in [3.63, 3.8) is 0 Å². The predicted molar refractivity (Wildman–Crippen MR) is 198 cm³/mol. The fourth-order valence-electron chi connectivity index (χ4n) is 5.64. The SMILES string of the molecule is CC(CCC(=O)Cc1cc(=O)[nH]c(=O)n1C)C(=O)Cc1ccc(/C=C/c2ccc(CC(=O)C(C)CCC(=O)Cc3cc(=O)[nH]c(=O)n3C)cc2)cc1. The van der Waals surface area contributed by atoms with Crippen LogP contribution in [0.5, 0.6) is 0 Å². The summed E-state index contributed by atoms with van der Waals surface area (Å²) in [5.74, 6) is -0.890. The Bertz CT molecular complexity index is 2050. The topological polar surface area (TPSA) is 178 Å². The molecule has 2 aromatic carbocycles. The summed E-state index contributed by atoms with van der Waals surface area (Å²) < 4.78 is 2.47. The van der Waals surface area contributed by atoms with Crippen LogP contribution in [0.3, 0.4) is 0 Å². The van der Waals surface area contributed by atoms with Crippen molar-refractivity contribution in [2.75, 3.05) is 0 Å². The summed E-state index contributed by atoms with van der Waals surface area (Å²) in [6.07, 6.45) is 5.41. The van der Waals surface area contributed by atoms with Gasteiger partial charge in [-0.25, -0.2) is 9.59 Å². The molecular formula is C40H44N4O8. The van der Waals surface area contributed by atoms with Crippen LogP contribution in [0.2, 0.25) is 0 Å². The molecule has 0 aliphatic carbocycles. The van der Waals surface area contributed by atoms with Gasteiger partial charge >= 0.3 is 11.4 Å². The van der Waals surface area contributed by atoms with Crippen LogP contribution in [0.15, 0.2) is 79.8 Å². The fourth-order valence-corrected chi connectivity index (χ4v) is 5.64. The zero-order chi connectivity index (χ0) is 37.9. The summed E-state index contributed by atoms with van der Waals surface area (Å²) in [7, 11) is 2.98. The molecule has 0 aliphatic rings. The van der Waals surface area contributed by atoms with Crippen molar-refractivity contribution < 1.29 is 19.2 Å². The van der Waals surface area contributed by atoms with Crippen molar-refractivity contribution in [3.05, 3.63) is 136 Å². The highest BCUT2D eigenvalue weighted by atomic mass is 16.2. The van der Waals surface area contributed by atoms with Crippen LogP contribution in [-0.4, -0.2) is 42.2 Å². The number of carbonyl (C=O) groups excluding carboxylic acids is 4. The number of nitrogens with one attached hydrogen (secondary N) is 2. The Hall–Kier alpha value is -5.78. The maximum absolute atomic E-state index is 12.8. The minimum atomic E-state index is -0.574. The summed E-state index contributed by atoms with van der Waals surface area (Å²) in [5.41, 5.74) is 2.06. The third-order valence-corrected chi connectivity index (χ3v) is 9.28. The molecule has 4 aromatic rings. The molecule has 12 nitrogen and oxygen atoms in total. The second kappa shape index (κ2) is 17.9. The number of ketones is 4. The molecule has 0 spiro atoms. The van der Waals surface area contributed by atoms with Crippen LogP contribution in [-0.2, 0) is 59.0 Å². The van der Waals surface area contributed by atoms with Crippen LogP contribution in [0.1, 0.15) is 73.2 Å². The lowest BCUT2D eigenvalue weighted by Gasteiger charge is -2.11. The van der Waals surface area contributed by atoms with Crippen molar-refractivity contribution in [2.24, 2.45) is 25.9 Å². The van der Waals surface area contributed by atoms with Gasteiger partial charge in [-0.2, -0.15) is 0 Å². The van der Waals surface area contributed by atoms with Gasteiger partial charge in [-0.3, -0.25) is 38.7 Å². The number of carbonyl (C=O) groups is 4. The number of benzene rings is 2. The second-order valence-electron chi connectivity index (χ2n) is 13.4. The summed E-state index contributed by atoms with van der Waals surface area (Å²) in [4.78, 5) is 102. The zero-order valence-corrected chi connectivity index (χ0v) is 29.9. The van der Waals surface area contributed by atoms with Crippen LogP contribution in [0.4, 0.5) is 0 Å². The van der Waals surface area contributed by atoms with Crippen molar-refractivity contribution in [1.29, 1.82) is 0 Å². The van der Waals surface area contributed by atoms with Crippen LogP contribution >= 0.6 is 0 Å². The van der Waals surface area contributed by atoms with Crippen molar-refractivity contribution in [1.82, 2.24) is 19.1 Å². The number of nitrogens with zero attached hydrogens (tertiary/aromatic N) is 2. The van der Waals surface area contributed by atoms with Crippen molar-refractivity contribution in [3.8, 4) is 0 Å². The fraction of sp³-hybridized carbons (Fsp3) is 0.350. The van der Waals surface area contributed by atoms with E-state index in [0.29, 0.717) is 24.2 Å². The Kier molecular flexibility index (Phi) is 13.5. The second-order valence-corrected chi connectivity index (χ2v) is 13.4. The number of aromatic amines is 2. The summed E-state index contributed by atoms with van der Waals surface area (Å²) in [6.45, 7) is 3.60. The smallest absolute Gasteiger partial charge is 0.300 e. The van der Waals surface area contributed by atoms with E-state index in [2.05, 4.69) is 9.97 Å². The number of Topliss-reactive ketones (excluding diaryl/α,β-unsaturated/α-hetero) is 4. The Morgan fingerprint density at radius 3 is 1.27 bits per heavy atom. The maximum atomic E-state index is 12.8. The molecule has 2 unspecified atom stereocenters. The summed E-state index contributed by atoms with van der Waals surface area (Å²) in [6, 6.07) is 17.8. The van der Waals surface area contributed by atoms with Crippen molar-refractivity contribution >= 4 is 35.3 Å². The molecule has 272 valence electrons. The number of aromatic nitrogens is 4. The molecule has 0 radical (unpaired) electrons. The highest BCUT2D eigenvalue weighted by molar-refractivity contribution is 5.86. The summed E-state index contributed by atoms with van der Waals surface area (Å²) >= 11 is 0. The number of hydrogen-bond donors (Lipinski definition) is 2. The number of H-pyrrole nitrogens is 2. The van der Waals surface area contributed by atoms with E-state index in [9.17, 15) is 38.4 Å². The Morgan fingerprint density at radius 2 is 0.923 bits per heavy atom. The van der Waals surface area contributed by atoms with E-state index in [0.717, 1.165) is 22.3 Å². The van der Waals surface area contributed by atoms with Gasteiger partial charge in [-0.15, -0.1) is 0 Å². The predicted octanol–water partition coefficient (Wildman–Crippen LogP) is 3.31. The van der Waals surface area contributed by atoms with Gasteiger partial charge in [-0.05, 0) is 35.1 Å². The molecular weight excluding hydrogens is 664 g/mol. The molecule has 2 heterocycles. The molecule has 12 heteroatoms. The molecule has 0 aliphatic heterocycles. The van der Waals surface area contributed by atoms with Gasteiger partial charge in [0.15, 0.2) is 0 Å². The standard InChI is InChI=1S/C40H44N4O8/c1-25(5-17-33(45)21-31-23-37(49)41-39(51)43(31)3)35(47)19-29-13-9-27(10-14-29)7-8-28-11-15-30(16-12-28)20-36(48)26(2)6-18-34(46)22-32-24-38(50)42-40(52)44(32)4/h7-16,23-26H,5-6,17-22H2,1-4H3,(H,41,49,51)(H,42,50,52)/b8-7+. The average Bonchev–Trinajstić information content (AvgIpc) is 3.10. The minimum absolute atomic E-state index is 0.0251. The van der Waals surface area contributed by atoms with Gasteiger partial charge in [0.05, 0.1) is 0 Å². The Labute approximate surface area is 300 Å². The van der Waals surface area contributed by atoms with Gasteiger partial charge in [0.25, 0.3) is 11.1 Å². The lowest BCUT2D eigenvalue weighted by molar-refractivity contribution is -0.124. The molecule has 2 atom stereocenters. The first-order valence-electron chi connectivity index (χ1n) is 17.2. The Balaban J connectivity index is 1.19. The molecule has 0 bridgehead atoms. The van der Waals surface area contributed by atoms with Gasteiger partial charge < -0.3 is 9.13 Å². The van der Waals surface area contributed by atoms with Gasteiger partial charge in [0.1, 0.15) is 23.1 Å². The first-order valence-corrected chi connectivity index (χ1v) is 17.2. The Morgan fingerprint density at radius 1 is 0.577 bits per heavy atom. The van der Waals surface area contributed by atoms with Gasteiger partial charge in [0, 0.05) is 88.0 Å². The molecule has 52 heavy (non-hydrogen) atoms. The number of hydrogen-bond acceptors (Lipinski definition) is 8. The van der Waals surface area contributed by atoms with E-state index >= 15 is 0 Å². The van der Waals surface area contributed by atoms with E-state index in [1.54, 1.807) is 13.8 Å². The van der Waals surface area contributed by atoms with E-state index in [-0.39, 0.29) is 73.5 Å². The van der Waals surface area contributed by atoms with Crippen LogP contribution < -0.4 is 22.5 Å². The average molecular weight is 709 g/mol. The van der Waals surface area contributed by atoms with Crippen molar-refractivity contribution in [2.45, 2.75) is 65.2 Å². The van der Waals surface area contributed by atoms with E-state index in [4.69, 9.17) is 0 Å². The third-order valence-electron chi connectivity index (χ3n) is 9.28. The molecule has 0 saturated heterocycles. The third kappa shape index (κ3) is 11.4. The van der Waals surface area contributed by atoms with E-state index < -0.39 is 22.5 Å². The normalized spacial score (nSPS) is 12.5. The zero-order valence-electron chi connectivity index (χ0n) is 29.9. The molecule has 0 fully saturated rings. The van der Waals surface area contributed by atoms with Crippen LogP contribution in [0, 0.1) is 11.8 Å². The quantitative estimate of drug-likeness (QED) is 0.148. The molecule has 0 saturated carbocycles. The molecule has 2 aromatic heterocycles. The number of rotatable bonds is 18. The maximum Gasteiger partial charge on any atom is 0.328 e. The highest BCUT2D eigenvalue weighted by Crippen LogP contribution is 2.17. The lowest BCUT2D eigenvalue weighted by Crippen LogP contribution is -2.31. The highest BCUT2D eigenvalue weighted by Gasteiger charge is 2.18. The van der Waals surface area contributed by atoms with E-state index in [1.807, 2.05) is 60.7 Å². The first kappa shape index (κ1) is 39.0. The molecule has 0 amide bonds. The minimum Gasteiger partial charge on any atom is -0.300 e. The monoisotopic (exact) mass is 708 g/mol. The van der Waals surface area contributed by atoms with E-state index in [1.165, 1.54) is 35.4 Å². The van der Waals surface area contributed by atoms with Crippen LogP contribution in [0.25, 0.3) is 12.2 Å². The summed E-state index contributed by atoms with van der Waals surface area (Å²) in [5, 5.41) is 0.